The molecule has 0 amide bonds. The molecule has 0 aliphatic heterocycles. The van der Waals surface area contributed by atoms with Crippen molar-refractivity contribution < 1.29 is 14.3 Å². The van der Waals surface area contributed by atoms with Gasteiger partial charge in [0.15, 0.2) is 11.4 Å². The van der Waals surface area contributed by atoms with Crippen molar-refractivity contribution >= 4 is 28.3 Å². The van der Waals surface area contributed by atoms with Crippen LogP contribution in [0.1, 0.15) is 23.0 Å². The number of carbonyl (C=O) groups excluding carboxylic acids is 1. The van der Waals surface area contributed by atoms with Crippen LogP contribution in [-0.2, 0) is 18.2 Å². The van der Waals surface area contributed by atoms with E-state index in [-0.39, 0.29) is 17.9 Å². The average Bonchev–Trinajstić information content (AvgIpc) is 2.66. The third-order valence-corrected chi connectivity index (χ3v) is 4.50. The van der Waals surface area contributed by atoms with Crippen molar-refractivity contribution in [3.05, 3.63) is 75.2 Å². The molecule has 0 aliphatic carbocycles. The lowest BCUT2D eigenvalue weighted by Crippen LogP contribution is -2.26. The molecule has 0 saturated heterocycles. The van der Waals surface area contributed by atoms with E-state index >= 15 is 0 Å². The number of benzene rings is 2. The highest BCUT2D eigenvalue weighted by molar-refractivity contribution is 6.31. The van der Waals surface area contributed by atoms with E-state index in [2.05, 4.69) is 0 Å². The molecule has 0 radical (unpaired) electrons. The van der Waals surface area contributed by atoms with Crippen molar-refractivity contribution in [1.82, 2.24) is 4.57 Å². The first kappa shape index (κ1) is 19.0. The number of rotatable bonds is 6. The second-order valence-electron chi connectivity index (χ2n) is 6.04. The summed E-state index contributed by atoms with van der Waals surface area (Å²) >= 11 is 6.13. The molecule has 0 unspecified atom stereocenters. The molecule has 0 N–H and O–H groups in total. The number of ether oxygens (including phenoxy) is 2. The van der Waals surface area contributed by atoms with E-state index in [9.17, 15) is 9.59 Å². The monoisotopic (exact) mass is 385 g/mol. The van der Waals surface area contributed by atoms with E-state index in [4.69, 9.17) is 21.1 Å². The Hall–Kier alpha value is -2.79. The third kappa shape index (κ3) is 3.98. The summed E-state index contributed by atoms with van der Waals surface area (Å²) < 4.78 is 12.4. The van der Waals surface area contributed by atoms with Gasteiger partial charge in [0, 0.05) is 23.9 Å². The van der Waals surface area contributed by atoms with Crippen molar-refractivity contribution in [1.29, 1.82) is 0 Å². The van der Waals surface area contributed by atoms with Crippen molar-refractivity contribution in [2.45, 2.75) is 13.3 Å². The van der Waals surface area contributed by atoms with Gasteiger partial charge in [-0.15, -0.1) is 0 Å². The Morgan fingerprint density at radius 3 is 2.56 bits per heavy atom. The predicted molar refractivity (Wildman–Crippen MR) is 106 cm³/mol. The summed E-state index contributed by atoms with van der Waals surface area (Å²) in [4.78, 5) is 25.2. The lowest BCUT2D eigenvalue weighted by atomic mass is 10.1. The molecule has 3 aromatic rings. The zero-order valence-electron chi connectivity index (χ0n) is 15.2. The molecule has 0 bridgehead atoms. The molecule has 6 heteroatoms. The Kier molecular flexibility index (Phi) is 5.81. The molecule has 3 rings (SSSR count). The van der Waals surface area contributed by atoms with Gasteiger partial charge in [0.05, 0.1) is 18.6 Å². The third-order valence-electron chi connectivity index (χ3n) is 4.26. The van der Waals surface area contributed by atoms with Gasteiger partial charge < -0.3 is 14.0 Å². The van der Waals surface area contributed by atoms with E-state index < -0.39 is 5.97 Å². The second-order valence-corrected chi connectivity index (χ2v) is 6.47. The number of nitrogens with zero attached hydrogens (tertiary/aromatic N) is 1. The van der Waals surface area contributed by atoms with Crippen LogP contribution in [0.2, 0.25) is 5.02 Å². The van der Waals surface area contributed by atoms with Crippen LogP contribution in [0.25, 0.3) is 10.8 Å². The largest absolute Gasteiger partial charge is 0.490 e. The minimum atomic E-state index is -0.603. The van der Waals surface area contributed by atoms with Gasteiger partial charge in [0.25, 0.3) is 5.56 Å². The van der Waals surface area contributed by atoms with Gasteiger partial charge in [-0.2, -0.15) is 0 Å². The lowest BCUT2D eigenvalue weighted by Gasteiger charge is -2.17. The van der Waals surface area contributed by atoms with Gasteiger partial charge in [-0.1, -0.05) is 41.9 Å². The molecular formula is C21H20ClNO4. The first-order valence-electron chi connectivity index (χ1n) is 8.69. The molecule has 5 nitrogen and oxygen atoms in total. The predicted octanol–water partition coefficient (Wildman–Crippen LogP) is 3.99. The van der Waals surface area contributed by atoms with Crippen LogP contribution in [0.3, 0.4) is 0 Å². The van der Waals surface area contributed by atoms with Gasteiger partial charge in [-0.3, -0.25) is 4.79 Å². The SMILES string of the molecule is CCOC(=O)c1c(OCCc2ccccc2)c2cc(Cl)ccc2c(=O)n1C. The Bertz CT molecular complexity index is 1030. The molecule has 1 aromatic heterocycles. The molecule has 0 fully saturated rings. The minimum absolute atomic E-state index is 0.0877. The van der Waals surface area contributed by atoms with Crippen LogP contribution in [-0.4, -0.2) is 23.8 Å². The van der Waals surface area contributed by atoms with E-state index in [1.807, 2.05) is 30.3 Å². The van der Waals surface area contributed by atoms with Crippen LogP contribution in [0.4, 0.5) is 0 Å². The van der Waals surface area contributed by atoms with E-state index in [0.29, 0.717) is 34.6 Å². The van der Waals surface area contributed by atoms with Gasteiger partial charge >= 0.3 is 5.97 Å². The second kappa shape index (κ2) is 8.27. The Balaban J connectivity index is 2.07. The number of esters is 1. The molecule has 1 heterocycles. The summed E-state index contributed by atoms with van der Waals surface area (Å²) in [7, 11) is 1.53. The molecule has 0 saturated carbocycles. The molecule has 0 aliphatic rings. The first-order chi connectivity index (χ1) is 13.0. The van der Waals surface area contributed by atoms with Crippen LogP contribution < -0.4 is 10.3 Å². The summed E-state index contributed by atoms with van der Waals surface area (Å²) in [5, 5.41) is 1.39. The molecule has 0 spiro atoms. The number of aromatic nitrogens is 1. The topological polar surface area (TPSA) is 57.5 Å². The van der Waals surface area contributed by atoms with Crippen LogP contribution in [0.5, 0.6) is 5.75 Å². The standard InChI is InChI=1S/C21H20ClNO4/c1-3-26-21(25)18-19(27-12-11-14-7-5-4-6-8-14)17-13-15(22)9-10-16(17)20(24)23(18)2/h4-10,13H,3,11-12H2,1-2H3. The van der Waals surface area contributed by atoms with Crippen molar-refractivity contribution in [2.75, 3.05) is 13.2 Å². The highest BCUT2D eigenvalue weighted by Crippen LogP contribution is 2.30. The van der Waals surface area contributed by atoms with Gasteiger partial charge in [-0.25, -0.2) is 4.79 Å². The van der Waals surface area contributed by atoms with Crippen LogP contribution in [0, 0.1) is 0 Å². The minimum Gasteiger partial charge on any atom is -0.490 e. The number of carbonyl (C=O) groups is 1. The van der Waals surface area contributed by atoms with Crippen LogP contribution >= 0.6 is 11.6 Å². The Morgan fingerprint density at radius 1 is 1.11 bits per heavy atom. The maximum Gasteiger partial charge on any atom is 0.358 e. The fourth-order valence-corrected chi connectivity index (χ4v) is 3.12. The average molecular weight is 386 g/mol. The van der Waals surface area contributed by atoms with E-state index in [1.165, 1.54) is 11.6 Å². The van der Waals surface area contributed by atoms with E-state index in [1.54, 1.807) is 25.1 Å². The van der Waals surface area contributed by atoms with Gasteiger partial charge in [-0.05, 0) is 30.7 Å². The van der Waals surface area contributed by atoms with Crippen molar-refractivity contribution in [3.63, 3.8) is 0 Å². The maximum atomic E-state index is 12.7. The Labute approximate surface area is 162 Å². The van der Waals surface area contributed by atoms with Crippen molar-refractivity contribution in [2.24, 2.45) is 7.05 Å². The smallest absolute Gasteiger partial charge is 0.358 e. The summed E-state index contributed by atoms with van der Waals surface area (Å²) in [5.41, 5.74) is 0.896. The summed E-state index contributed by atoms with van der Waals surface area (Å²) in [6.07, 6.45) is 0.661. The fourth-order valence-electron chi connectivity index (χ4n) is 2.94. The molecular weight excluding hydrogens is 366 g/mol. The molecule has 2 aromatic carbocycles. The number of pyridine rings is 1. The summed E-state index contributed by atoms with van der Waals surface area (Å²) in [6, 6.07) is 14.8. The summed E-state index contributed by atoms with van der Waals surface area (Å²) in [5.74, 6) is -0.294. The lowest BCUT2D eigenvalue weighted by molar-refractivity contribution is 0.0508. The highest BCUT2D eigenvalue weighted by Gasteiger charge is 2.23. The van der Waals surface area contributed by atoms with Gasteiger partial charge in [0.2, 0.25) is 0 Å². The fraction of sp³-hybridized carbons (Fsp3) is 0.238. The van der Waals surface area contributed by atoms with E-state index in [0.717, 1.165) is 5.56 Å². The van der Waals surface area contributed by atoms with Crippen molar-refractivity contribution in [3.8, 4) is 5.75 Å². The maximum absolute atomic E-state index is 12.7. The number of fused-ring (bicyclic) bond motifs is 1. The zero-order chi connectivity index (χ0) is 19.4. The normalized spacial score (nSPS) is 10.8. The zero-order valence-corrected chi connectivity index (χ0v) is 16.0. The quantitative estimate of drug-likeness (QED) is 0.602. The van der Waals surface area contributed by atoms with Gasteiger partial charge in [0.1, 0.15) is 0 Å². The first-order valence-corrected chi connectivity index (χ1v) is 9.06. The number of hydrogen-bond donors (Lipinski definition) is 0. The molecule has 0 atom stereocenters. The highest BCUT2D eigenvalue weighted by atomic mass is 35.5. The van der Waals surface area contributed by atoms with Crippen LogP contribution in [0.15, 0.2) is 53.3 Å². The molecule has 27 heavy (non-hydrogen) atoms. The Morgan fingerprint density at radius 2 is 1.85 bits per heavy atom. The summed E-state index contributed by atoms with van der Waals surface area (Å²) in [6.45, 7) is 2.25. The number of halogens is 1. The number of hydrogen-bond acceptors (Lipinski definition) is 4. The molecule has 140 valence electrons.